The maximum absolute atomic E-state index is 13.6. The van der Waals surface area contributed by atoms with Crippen LogP contribution in [0.5, 0.6) is 0 Å². The molecule has 3 aromatic rings. The molecule has 0 bridgehead atoms. The minimum absolute atomic E-state index is 0.176. The number of aryl methyl sites for hydroxylation is 2. The van der Waals surface area contributed by atoms with Crippen LogP contribution in [0.4, 0.5) is 5.69 Å². The first-order valence-corrected chi connectivity index (χ1v) is 13.2. The topological polar surface area (TPSA) is 62.5 Å². The lowest BCUT2D eigenvalue weighted by Gasteiger charge is -2.35. The SMILES string of the molecule is CCn1nc(C)c(C=C2CN3C(=NC(C)=C(C(=O)Nc4ccccc4)C3c3ccccc3Cl)S2)c1C. The molecule has 36 heavy (non-hydrogen) atoms. The predicted molar refractivity (Wildman–Crippen MR) is 149 cm³/mol. The minimum atomic E-state index is -0.353. The number of para-hydroxylation sites is 1. The number of halogens is 1. The molecule has 1 aromatic heterocycles. The molecule has 184 valence electrons. The smallest absolute Gasteiger partial charge is 0.255 e. The molecule has 1 atom stereocenters. The third kappa shape index (κ3) is 4.49. The molecule has 5 rings (SSSR count). The molecule has 1 unspecified atom stereocenters. The quantitative estimate of drug-likeness (QED) is 0.415. The van der Waals surface area contributed by atoms with Gasteiger partial charge in [0.1, 0.15) is 0 Å². The fourth-order valence-corrected chi connectivity index (χ4v) is 6.11. The first-order chi connectivity index (χ1) is 17.4. The molecule has 0 radical (unpaired) electrons. The molecule has 8 heteroatoms. The van der Waals surface area contributed by atoms with Gasteiger partial charge in [-0.2, -0.15) is 5.10 Å². The van der Waals surface area contributed by atoms with Crippen molar-refractivity contribution in [3.05, 3.63) is 98.3 Å². The molecule has 2 aliphatic heterocycles. The maximum Gasteiger partial charge on any atom is 0.255 e. The van der Waals surface area contributed by atoms with E-state index in [1.54, 1.807) is 11.8 Å². The van der Waals surface area contributed by atoms with Crippen LogP contribution in [0.3, 0.4) is 0 Å². The van der Waals surface area contributed by atoms with E-state index in [1.807, 2.05) is 73.1 Å². The highest BCUT2D eigenvalue weighted by molar-refractivity contribution is 8.17. The van der Waals surface area contributed by atoms with E-state index in [1.165, 1.54) is 0 Å². The van der Waals surface area contributed by atoms with Gasteiger partial charge < -0.3 is 10.2 Å². The molecule has 1 saturated heterocycles. The number of allylic oxidation sites excluding steroid dienone is 1. The number of rotatable bonds is 5. The number of anilines is 1. The Hall–Kier alpha value is -3.29. The monoisotopic (exact) mass is 517 g/mol. The van der Waals surface area contributed by atoms with Crippen LogP contribution in [0.25, 0.3) is 6.08 Å². The number of hydrogen-bond acceptors (Lipinski definition) is 5. The van der Waals surface area contributed by atoms with Gasteiger partial charge in [-0.25, -0.2) is 4.99 Å². The highest BCUT2D eigenvalue weighted by Crippen LogP contribution is 2.46. The van der Waals surface area contributed by atoms with Gasteiger partial charge in [0.25, 0.3) is 5.91 Å². The lowest BCUT2D eigenvalue weighted by molar-refractivity contribution is -0.113. The van der Waals surface area contributed by atoms with E-state index in [2.05, 4.69) is 35.2 Å². The second-order valence-corrected chi connectivity index (χ2v) is 10.4. The molecule has 2 aliphatic rings. The zero-order valence-corrected chi connectivity index (χ0v) is 22.3. The third-order valence-corrected chi connectivity index (χ3v) is 7.91. The van der Waals surface area contributed by atoms with Crippen LogP contribution in [-0.4, -0.2) is 32.3 Å². The van der Waals surface area contributed by atoms with E-state index in [0.29, 0.717) is 22.8 Å². The molecule has 0 aliphatic carbocycles. The van der Waals surface area contributed by atoms with Crippen molar-refractivity contribution in [2.75, 3.05) is 11.9 Å². The Morgan fingerprint density at radius 3 is 2.56 bits per heavy atom. The van der Waals surface area contributed by atoms with Crippen LogP contribution in [0, 0.1) is 13.8 Å². The first kappa shape index (κ1) is 24.4. The fourth-order valence-electron chi connectivity index (χ4n) is 4.78. The van der Waals surface area contributed by atoms with Gasteiger partial charge in [-0.05, 0) is 57.5 Å². The molecule has 0 spiro atoms. The lowest BCUT2D eigenvalue weighted by Crippen LogP contribution is -2.37. The summed E-state index contributed by atoms with van der Waals surface area (Å²) in [5, 5.41) is 9.21. The van der Waals surface area contributed by atoms with E-state index in [4.69, 9.17) is 16.6 Å². The third-order valence-electron chi connectivity index (χ3n) is 6.55. The predicted octanol–water partition coefficient (Wildman–Crippen LogP) is 6.59. The van der Waals surface area contributed by atoms with Crippen molar-refractivity contribution in [1.29, 1.82) is 0 Å². The highest BCUT2D eigenvalue weighted by Gasteiger charge is 2.40. The zero-order chi connectivity index (χ0) is 25.4. The Morgan fingerprint density at radius 2 is 1.86 bits per heavy atom. The van der Waals surface area contributed by atoms with Crippen molar-refractivity contribution in [2.45, 2.75) is 40.3 Å². The molecule has 3 heterocycles. The first-order valence-electron chi connectivity index (χ1n) is 12.0. The average Bonchev–Trinajstić information content (AvgIpc) is 3.39. The number of amidine groups is 1. The van der Waals surface area contributed by atoms with E-state index in [0.717, 1.165) is 44.8 Å². The van der Waals surface area contributed by atoms with Gasteiger partial charge in [-0.15, -0.1) is 0 Å². The van der Waals surface area contributed by atoms with Gasteiger partial charge >= 0.3 is 0 Å². The summed E-state index contributed by atoms with van der Waals surface area (Å²) in [6, 6.07) is 16.9. The number of fused-ring (bicyclic) bond motifs is 1. The van der Waals surface area contributed by atoms with Crippen molar-refractivity contribution in [3.63, 3.8) is 0 Å². The molecule has 2 aromatic carbocycles. The van der Waals surface area contributed by atoms with Crippen molar-refractivity contribution in [2.24, 2.45) is 4.99 Å². The van der Waals surface area contributed by atoms with E-state index in [9.17, 15) is 4.79 Å². The Kier molecular flexibility index (Phi) is 6.77. The Balaban J connectivity index is 1.54. The molecule has 1 fully saturated rings. The number of hydrogen-bond donors (Lipinski definition) is 1. The van der Waals surface area contributed by atoms with Crippen LogP contribution in [-0.2, 0) is 11.3 Å². The van der Waals surface area contributed by atoms with E-state index < -0.39 is 0 Å². The summed E-state index contributed by atoms with van der Waals surface area (Å²) in [5.41, 5.74) is 6.22. The molecule has 0 saturated carbocycles. The Morgan fingerprint density at radius 1 is 1.14 bits per heavy atom. The summed E-state index contributed by atoms with van der Waals surface area (Å²) in [7, 11) is 0. The van der Waals surface area contributed by atoms with Crippen LogP contribution < -0.4 is 5.32 Å². The van der Waals surface area contributed by atoms with Crippen LogP contribution in [0.15, 0.2) is 75.8 Å². The number of thioether (sulfide) groups is 1. The summed E-state index contributed by atoms with van der Waals surface area (Å²) < 4.78 is 2.02. The largest absolute Gasteiger partial charge is 0.335 e. The number of amides is 1. The standard InChI is InChI=1S/C28H28ClN5OS/c1-5-34-19(4)23(17(2)32-34)15-21-16-33-26(22-13-9-10-14-24(22)29)25(18(3)30-28(33)36-21)27(35)31-20-11-7-6-8-12-20/h6-15,26H,5,16H2,1-4H3,(H,31,35). The minimum Gasteiger partial charge on any atom is -0.335 e. The van der Waals surface area contributed by atoms with Crippen molar-refractivity contribution in [1.82, 2.24) is 14.7 Å². The molecular weight excluding hydrogens is 490 g/mol. The summed E-state index contributed by atoms with van der Waals surface area (Å²) in [6.45, 7) is 9.60. The second kappa shape index (κ2) is 9.99. The van der Waals surface area contributed by atoms with Crippen LogP contribution >= 0.6 is 23.4 Å². The number of nitrogens with one attached hydrogen (secondary N) is 1. The number of carbonyl (C=O) groups is 1. The van der Waals surface area contributed by atoms with E-state index >= 15 is 0 Å². The number of carbonyl (C=O) groups excluding carboxylic acids is 1. The van der Waals surface area contributed by atoms with Gasteiger partial charge in [-0.3, -0.25) is 9.48 Å². The van der Waals surface area contributed by atoms with Gasteiger partial charge in [0, 0.05) is 33.4 Å². The molecule has 6 nitrogen and oxygen atoms in total. The van der Waals surface area contributed by atoms with Gasteiger partial charge in [-0.1, -0.05) is 59.8 Å². The normalized spacial score (nSPS) is 18.5. The average molecular weight is 518 g/mol. The van der Waals surface area contributed by atoms with E-state index in [-0.39, 0.29) is 11.9 Å². The fraction of sp³-hybridized carbons (Fsp3) is 0.250. The van der Waals surface area contributed by atoms with Crippen LogP contribution in [0.1, 0.15) is 42.4 Å². The number of aromatic nitrogens is 2. The lowest BCUT2D eigenvalue weighted by atomic mass is 9.93. The molecular formula is C28H28ClN5OS. The summed E-state index contributed by atoms with van der Waals surface area (Å²) in [4.78, 5) is 21.8. The van der Waals surface area contributed by atoms with Gasteiger partial charge in [0.2, 0.25) is 0 Å². The van der Waals surface area contributed by atoms with Crippen molar-refractivity contribution in [3.8, 4) is 0 Å². The van der Waals surface area contributed by atoms with Crippen LogP contribution in [0.2, 0.25) is 5.02 Å². The summed E-state index contributed by atoms with van der Waals surface area (Å²) in [6.07, 6.45) is 2.21. The Bertz CT molecular complexity index is 1420. The Labute approximate surface area is 220 Å². The van der Waals surface area contributed by atoms with Gasteiger partial charge in [0.05, 0.1) is 29.6 Å². The van der Waals surface area contributed by atoms with Crippen molar-refractivity contribution < 1.29 is 4.79 Å². The van der Waals surface area contributed by atoms with Gasteiger partial charge in [0.15, 0.2) is 5.17 Å². The maximum atomic E-state index is 13.6. The molecule has 1 N–H and O–H groups in total. The number of benzene rings is 2. The highest BCUT2D eigenvalue weighted by atomic mass is 35.5. The zero-order valence-electron chi connectivity index (χ0n) is 20.7. The second-order valence-electron chi connectivity index (χ2n) is 8.88. The van der Waals surface area contributed by atoms with Crippen molar-refractivity contribution >= 4 is 46.2 Å². The molecule has 1 amide bonds. The summed E-state index contributed by atoms with van der Waals surface area (Å²) >= 11 is 8.34. The number of aliphatic imine (C=N–C) groups is 1. The number of nitrogens with zero attached hydrogens (tertiary/aromatic N) is 4. The summed E-state index contributed by atoms with van der Waals surface area (Å²) in [5.74, 6) is -0.176.